The molecule has 1 aromatic carbocycles. The lowest BCUT2D eigenvalue weighted by molar-refractivity contribution is -0.0332. The van der Waals surface area contributed by atoms with Crippen molar-refractivity contribution in [1.29, 1.82) is 0 Å². The van der Waals surface area contributed by atoms with Crippen molar-refractivity contribution in [2.24, 2.45) is 5.73 Å². The van der Waals surface area contributed by atoms with Gasteiger partial charge in [0.25, 0.3) is 0 Å². The van der Waals surface area contributed by atoms with Crippen LogP contribution in [0.1, 0.15) is 48.4 Å². The van der Waals surface area contributed by atoms with Gasteiger partial charge in [-0.1, -0.05) is 0 Å². The van der Waals surface area contributed by atoms with E-state index in [4.69, 9.17) is 10.5 Å². The zero-order valence-electron chi connectivity index (χ0n) is 10.4. The maximum atomic E-state index is 9.97. The molecule has 3 rings (SSSR count). The second-order valence-electron chi connectivity index (χ2n) is 5.53. The van der Waals surface area contributed by atoms with Crippen LogP contribution in [-0.4, -0.2) is 10.7 Å². The predicted molar refractivity (Wildman–Crippen MR) is 66.3 cm³/mol. The molecule has 1 aliphatic carbocycles. The monoisotopic (exact) mass is 233 g/mol. The Bertz CT molecular complexity index is 478. The highest BCUT2D eigenvalue weighted by molar-refractivity contribution is 5.54. The molecule has 1 aromatic rings. The number of rotatable bonds is 0. The first-order chi connectivity index (χ1) is 8.02. The number of aromatic hydroxyl groups is 1. The molecule has 2 aliphatic rings. The number of ether oxygens (including phenoxy) is 1. The summed E-state index contributed by atoms with van der Waals surface area (Å²) in [7, 11) is 0. The minimum absolute atomic E-state index is 0.00875. The molecule has 0 saturated heterocycles. The summed E-state index contributed by atoms with van der Waals surface area (Å²) in [5.74, 6) is 1.24. The molecule has 92 valence electrons. The van der Waals surface area contributed by atoms with E-state index in [1.807, 2.05) is 19.9 Å². The highest BCUT2D eigenvalue weighted by Gasteiger charge is 2.45. The first-order valence-electron chi connectivity index (χ1n) is 6.30. The fourth-order valence-corrected chi connectivity index (χ4v) is 3.15. The molecule has 1 unspecified atom stereocenters. The van der Waals surface area contributed by atoms with Crippen LogP contribution in [0.15, 0.2) is 6.07 Å². The summed E-state index contributed by atoms with van der Waals surface area (Å²) in [5, 5.41) is 9.97. The topological polar surface area (TPSA) is 55.5 Å². The molecule has 0 radical (unpaired) electrons. The summed E-state index contributed by atoms with van der Waals surface area (Å²) in [6.45, 7) is 3.82. The summed E-state index contributed by atoms with van der Waals surface area (Å²) in [6.07, 6.45) is 4.33. The zero-order chi connectivity index (χ0) is 12.2. The van der Waals surface area contributed by atoms with E-state index >= 15 is 0 Å². The summed E-state index contributed by atoms with van der Waals surface area (Å²) in [6, 6.07) is 1.92. The molecular weight excluding hydrogens is 214 g/mol. The van der Waals surface area contributed by atoms with E-state index in [0.29, 0.717) is 5.75 Å². The number of nitrogens with two attached hydrogens (primary N) is 1. The van der Waals surface area contributed by atoms with Crippen molar-refractivity contribution in [1.82, 2.24) is 0 Å². The van der Waals surface area contributed by atoms with Gasteiger partial charge in [0.1, 0.15) is 17.1 Å². The lowest BCUT2D eigenvalue weighted by Crippen LogP contribution is -2.48. The number of phenolic OH excluding ortho intramolecular Hbond substituents is 1. The third kappa shape index (κ3) is 1.45. The molecule has 17 heavy (non-hydrogen) atoms. The Hall–Kier alpha value is -1.22. The van der Waals surface area contributed by atoms with Crippen molar-refractivity contribution in [3.63, 3.8) is 0 Å². The second kappa shape index (κ2) is 3.39. The van der Waals surface area contributed by atoms with Crippen molar-refractivity contribution in [3.05, 3.63) is 22.8 Å². The average Bonchev–Trinajstić information content (AvgIpc) is 2.23. The number of benzene rings is 1. The van der Waals surface area contributed by atoms with Gasteiger partial charge in [-0.25, -0.2) is 0 Å². The Morgan fingerprint density at radius 2 is 2.12 bits per heavy atom. The molecule has 1 fully saturated rings. The van der Waals surface area contributed by atoms with Crippen molar-refractivity contribution >= 4 is 0 Å². The highest BCUT2D eigenvalue weighted by atomic mass is 16.5. The summed E-state index contributed by atoms with van der Waals surface area (Å²) >= 11 is 0. The molecule has 3 nitrogen and oxygen atoms in total. The molecular formula is C14H19NO2. The second-order valence-corrected chi connectivity index (χ2v) is 5.53. The van der Waals surface area contributed by atoms with Gasteiger partial charge in [-0.15, -0.1) is 0 Å². The van der Waals surface area contributed by atoms with Crippen LogP contribution < -0.4 is 10.5 Å². The molecule has 0 amide bonds. The lowest BCUT2D eigenvalue weighted by atomic mass is 9.72. The summed E-state index contributed by atoms with van der Waals surface area (Å²) in [5.41, 5.74) is 8.98. The Kier molecular flexibility index (Phi) is 2.17. The maximum Gasteiger partial charge on any atom is 0.125 e. The molecule has 1 atom stereocenters. The quantitative estimate of drug-likeness (QED) is 0.724. The van der Waals surface area contributed by atoms with Gasteiger partial charge < -0.3 is 15.6 Å². The molecule has 0 bridgehead atoms. The molecule has 1 heterocycles. The van der Waals surface area contributed by atoms with Crippen LogP contribution in [-0.2, 0) is 0 Å². The first kappa shape index (κ1) is 10.9. The molecule has 1 aliphatic heterocycles. The molecule has 3 heteroatoms. The van der Waals surface area contributed by atoms with Crippen molar-refractivity contribution in [2.45, 2.75) is 51.2 Å². The van der Waals surface area contributed by atoms with Gasteiger partial charge in [-0.2, -0.15) is 0 Å². The van der Waals surface area contributed by atoms with E-state index in [9.17, 15) is 5.11 Å². The molecule has 0 aromatic heterocycles. The maximum absolute atomic E-state index is 9.97. The van der Waals surface area contributed by atoms with E-state index in [0.717, 1.165) is 41.7 Å². The number of aryl methyl sites for hydroxylation is 1. The SMILES string of the molecule is Cc1cc2c(c(C)c1O)C(N)CC1(CCC1)O2. The van der Waals surface area contributed by atoms with E-state index in [1.54, 1.807) is 0 Å². The average molecular weight is 233 g/mol. The highest BCUT2D eigenvalue weighted by Crippen LogP contribution is 2.50. The summed E-state index contributed by atoms with van der Waals surface area (Å²) in [4.78, 5) is 0. The van der Waals surface area contributed by atoms with E-state index < -0.39 is 0 Å². The zero-order valence-corrected chi connectivity index (χ0v) is 10.4. The first-order valence-corrected chi connectivity index (χ1v) is 6.30. The smallest absolute Gasteiger partial charge is 0.125 e. The fourth-order valence-electron chi connectivity index (χ4n) is 3.15. The Morgan fingerprint density at radius 3 is 2.71 bits per heavy atom. The number of phenols is 1. The number of hydrogen-bond acceptors (Lipinski definition) is 3. The van der Waals surface area contributed by atoms with Crippen LogP contribution in [0.25, 0.3) is 0 Å². The van der Waals surface area contributed by atoms with Crippen molar-refractivity contribution in [3.8, 4) is 11.5 Å². The number of fused-ring (bicyclic) bond motifs is 1. The van der Waals surface area contributed by atoms with Gasteiger partial charge in [0.15, 0.2) is 0 Å². The van der Waals surface area contributed by atoms with Gasteiger partial charge in [-0.3, -0.25) is 0 Å². The van der Waals surface area contributed by atoms with Gasteiger partial charge in [-0.05, 0) is 50.3 Å². The van der Waals surface area contributed by atoms with Gasteiger partial charge in [0.05, 0.1) is 0 Å². The van der Waals surface area contributed by atoms with Crippen molar-refractivity contribution in [2.75, 3.05) is 0 Å². The Balaban J connectivity index is 2.11. The Morgan fingerprint density at radius 1 is 1.41 bits per heavy atom. The van der Waals surface area contributed by atoms with Gasteiger partial charge >= 0.3 is 0 Å². The van der Waals surface area contributed by atoms with Crippen LogP contribution in [0.4, 0.5) is 0 Å². The van der Waals surface area contributed by atoms with Crippen LogP contribution in [0.2, 0.25) is 0 Å². The molecule has 1 spiro atoms. The van der Waals surface area contributed by atoms with E-state index in [2.05, 4.69) is 0 Å². The third-order valence-corrected chi connectivity index (χ3v) is 4.30. The summed E-state index contributed by atoms with van der Waals surface area (Å²) < 4.78 is 6.15. The van der Waals surface area contributed by atoms with Gasteiger partial charge in [0.2, 0.25) is 0 Å². The normalized spacial score (nSPS) is 25.0. The van der Waals surface area contributed by atoms with Crippen LogP contribution in [0.5, 0.6) is 11.5 Å². The minimum Gasteiger partial charge on any atom is -0.507 e. The minimum atomic E-state index is -0.0116. The van der Waals surface area contributed by atoms with E-state index in [-0.39, 0.29) is 11.6 Å². The lowest BCUT2D eigenvalue weighted by Gasteiger charge is -2.47. The standard InChI is InChI=1S/C14H19NO2/c1-8-6-11-12(9(2)13(8)16)10(15)7-14(17-11)4-3-5-14/h6,10,16H,3-5,7,15H2,1-2H3. The van der Waals surface area contributed by atoms with Crippen molar-refractivity contribution < 1.29 is 9.84 Å². The largest absolute Gasteiger partial charge is 0.507 e. The predicted octanol–water partition coefficient (Wildman–Crippen LogP) is 2.71. The third-order valence-electron chi connectivity index (χ3n) is 4.30. The van der Waals surface area contributed by atoms with E-state index in [1.165, 1.54) is 6.42 Å². The number of hydrogen-bond donors (Lipinski definition) is 2. The fraction of sp³-hybridized carbons (Fsp3) is 0.571. The van der Waals surface area contributed by atoms with Crippen LogP contribution in [0, 0.1) is 13.8 Å². The molecule has 3 N–H and O–H groups in total. The van der Waals surface area contributed by atoms with Crippen LogP contribution in [0.3, 0.4) is 0 Å². The molecule has 1 saturated carbocycles. The van der Waals surface area contributed by atoms with Gasteiger partial charge in [0, 0.05) is 18.0 Å². The Labute approximate surface area is 102 Å². The van der Waals surface area contributed by atoms with Crippen LogP contribution >= 0.6 is 0 Å².